The minimum Gasteiger partial charge on any atom is -0.438 e. The van der Waals surface area contributed by atoms with E-state index in [1.54, 1.807) is 12.1 Å². The van der Waals surface area contributed by atoms with Gasteiger partial charge in [0.25, 0.3) is 0 Å². The van der Waals surface area contributed by atoms with Gasteiger partial charge in [-0.25, -0.2) is 4.98 Å². The van der Waals surface area contributed by atoms with Crippen molar-refractivity contribution in [2.45, 2.75) is 26.9 Å². The normalized spacial score (nSPS) is 10.6. The van der Waals surface area contributed by atoms with Gasteiger partial charge in [0, 0.05) is 6.20 Å². The van der Waals surface area contributed by atoms with Gasteiger partial charge in [0.15, 0.2) is 0 Å². The third-order valence-electron chi connectivity index (χ3n) is 2.37. The van der Waals surface area contributed by atoms with Crippen molar-refractivity contribution in [1.29, 1.82) is 0 Å². The first-order chi connectivity index (χ1) is 9.86. The number of aromatic nitrogens is 1. The van der Waals surface area contributed by atoms with Gasteiger partial charge in [-0.1, -0.05) is 43.1 Å². The number of benzene rings is 1. The van der Waals surface area contributed by atoms with Gasteiger partial charge >= 0.3 is 6.18 Å². The topological polar surface area (TPSA) is 22.1 Å². The molecule has 0 bridgehead atoms. The Balaban J connectivity index is 0.00000106. The molecule has 0 radical (unpaired) electrons. The Hall–Kier alpha value is -1.75. The number of aryl methyl sites for hydroxylation is 1. The fourth-order valence-electron chi connectivity index (χ4n) is 1.37. The van der Waals surface area contributed by atoms with Crippen molar-refractivity contribution in [3.63, 3.8) is 0 Å². The molecule has 0 amide bonds. The van der Waals surface area contributed by atoms with Crippen molar-refractivity contribution < 1.29 is 17.9 Å². The third-order valence-corrected chi connectivity index (χ3v) is 2.64. The van der Waals surface area contributed by atoms with Crippen molar-refractivity contribution in [2.75, 3.05) is 0 Å². The molecule has 2 aromatic rings. The van der Waals surface area contributed by atoms with Crippen molar-refractivity contribution in [2.24, 2.45) is 0 Å². The number of nitrogens with zero attached hydrogens (tertiary/aromatic N) is 1. The van der Waals surface area contributed by atoms with Crippen LogP contribution in [-0.4, -0.2) is 4.98 Å². The molecular weight excluding hydrogens is 303 g/mol. The molecule has 0 spiro atoms. The number of rotatable bonds is 2. The highest BCUT2D eigenvalue weighted by molar-refractivity contribution is 6.31. The first-order valence-corrected chi connectivity index (χ1v) is 6.71. The standard InChI is InChI=1S/C13H9ClF3NO.C2H6/c1-8-2-4-10(5-3-8)19-12-11(14)6-9(7-18-12)13(15,16)17;1-2/h2-7H,1H3;1-2H3. The van der Waals surface area contributed by atoms with Crippen molar-refractivity contribution in [1.82, 2.24) is 4.98 Å². The van der Waals surface area contributed by atoms with E-state index < -0.39 is 11.7 Å². The van der Waals surface area contributed by atoms with Crippen molar-refractivity contribution in [3.05, 3.63) is 52.7 Å². The van der Waals surface area contributed by atoms with E-state index in [0.29, 0.717) is 11.9 Å². The minimum absolute atomic E-state index is 0.0569. The maximum Gasteiger partial charge on any atom is 0.417 e. The van der Waals surface area contributed by atoms with Crippen LogP contribution in [0.15, 0.2) is 36.5 Å². The smallest absolute Gasteiger partial charge is 0.417 e. The summed E-state index contributed by atoms with van der Waals surface area (Å²) in [7, 11) is 0. The second-order valence-corrected chi connectivity index (χ2v) is 4.33. The molecule has 0 aliphatic rings. The van der Waals surface area contributed by atoms with Gasteiger partial charge in [-0.3, -0.25) is 0 Å². The van der Waals surface area contributed by atoms with E-state index in [-0.39, 0.29) is 10.9 Å². The predicted octanol–water partition coefficient (Wildman–Crippen LogP) is 5.88. The number of halogens is 4. The quantitative estimate of drug-likeness (QED) is 0.690. The Morgan fingerprint density at radius 2 is 1.67 bits per heavy atom. The van der Waals surface area contributed by atoms with Crippen LogP contribution in [0.5, 0.6) is 11.6 Å². The summed E-state index contributed by atoms with van der Waals surface area (Å²) in [6, 6.07) is 7.79. The summed E-state index contributed by atoms with van der Waals surface area (Å²) in [5, 5.41) is -0.185. The number of hydrogen-bond donors (Lipinski definition) is 0. The Kier molecular flexibility index (Phi) is 6.03. The van der Waals surface area contributed by atoms with E-state index in [1.807, 2.05) is 32.9 Å². The van der Waals surface area contributed by atoms with Crippen LogP contribution in [0.4, 0.5) is 13.2 Å². The monoisotopic (exact) mass is 317 g/mol. The van der Waals surface area contributed by atoms with Crippen LogP contribution in [-0.2, 0) is 6.18 Å². The summed E-state index contributed by atoms with van der Waals surface area (Å²) in [4.78, 5) is 3.59. The molecule has 0 aliphatic carbocycles. The van der Waals surface area contributed by atoms with Crippen LogP contribution in [0.3, 0.4) is 0 Å². The Morgan fingerprint density at radius 3 is 2.14 bits per heavy atom. The first kappa shape index (κ1) is 17.3. The molecule has 0 fully saturated rings. The number of hydrogen-bond acceptors (Lipinski definition) is 2. The summed E-state index contributed by atoms with van der Waals surface area (Å²) < 4.78 is 42.6. The van der Waals surface area contributed by atoms with Crippen LogP contribution in [0, 0.1) is 6.92 Å². The molecule has 1 aromatic carbocycles. The van der Waals surface area contributed by atoms with Gasteiger partial charge < -0.3 is 4.74 Å². The third kappa shape index (κ3) is 4.93. The fourth-order valence-corrected chi connectivity index (χ4v) is 1.58. The maximum atomic E-state index is 12.4. The number of pyridine rings is 1. The van der Waals surface area contributed by atoms with Crippen molar-refractivity contribution in [3.8, 4) is 11.6 Å². The predicted molar refractivity (Wildman–Crippen MR) is 76.9 cm³/mol. The van der Waals surface area contributed by atoms with E-state index in [0.717, 1.165) is 11.6 Å². The van der Waals surface area contributed by atoms with Crippen LogP contribution in [0.1, 0.15) is 25.0 Å². The molecule has 0 saturated heterocycles. The molecule has 2 rings (SSSR count). The molecule has 0 aliphatic heterocycles. The Labute approximate surface area is 126 Å². The molecule has 2 nitrogen and oxygen atoms in total. The van der Waals surface area contributed by atoms with E-state index >= 15 is 0 Å². The molecule has 0 unspecified atom stereocenters. The summed E-state index contributed by atoms with van der Waals surface area (Å²) in [5.41, 5.74) is 0.132. The maximum absolute atomic E-state index is 12.4. The zero-order chi connectivity index (χ0) is 16.0. The van der Waals surface area contributed by atoms with E-state index in [9.17, 15) is 13.2 Å². The highest BCUT2D eigenvalue weighted by Gasteiger charge is 2.31. The Bertz CT molecular complexity index is 582. The lowest BCUT2D eigenvalue weighted by atomic mass is 10.2. The van der Waals surface area contributed by atoms with Crippen LogP contribution < -0.4 is 4.74 Å². The molecule has 1 aromatic heterocycles. The summed E-state index contributed by atoms with van der Waals surface area (Å²) in [6.45, 7) is 5.91. The van der Waals surface area contributed by atoms with Crippen LogP contribution in [0.25, 0.3) is 0 Å². The highest BCUT2D eigenvalue weighted by Crippen LogP contribution is 2.34. The zero-order valence-electron chi connectivity index (χ0n) is 11.8. The van der Waals surface area contributed by atoms with Gasteiger partial charge in [0.1, 0.15) is 10.8 Å². The first-order valence-electron chi connectivity index (χ1n) is 6.33. The molecule has 6 heteroatoms. The van der Waals surface area contributed by atoms with Crippen LogP contribution in [0.2, 0.25) is 5.02 Å². The second kappa shape index (κ2) is 7.31. The minimum atomic E-state index is -4.47. The molecule has 21 heavy (non-hydrogen) atoms. The van der Waals surface area contributed by atoms with Gasteiger partial charge in [-0.2, -0.15) is 13.2 Å². The van der Waals surface area contributed by atoms with Crippen molar-refractivity contribution >= 4 is 11.6 Å². The van der Waals surface area contributed by atoms with Gasteiger partial charge in [-0.05, 0) is 25.1 Å². The summed E-state index contributed by atoms with van der Waals surface area (Å²) in [5.74, 6) is 0.401. The van der Waals surface area contributed by atoms with Gasteiger partial charge in [0.2, 0.25) is 5.88 Å². The van der Waals surface area contributed by atoms with Gasteiger partial charge in [0.05, 0.1) is 5.56 Å². The average Bonchev–Trinajstić information content (AvgIpc) is 2.44. The number of ether oxygens (including phenoxy) is 1. The van der Waals surface area contributed by atoms with E-state index in [1.165, 1.54) is 0 Å². The number of alkyl halides is 3. The lowest BCUT2D eigenvalue weighted by Gasteiger charge is -2.10. The molecular formula is C15H15ClF3NO. The average molecular weight is 318 g/mol. The zero-order valence-corrected chi connectivity index (χ0v) is 12.6. The molecule has 114 valence electrons. The lowest BCUT2D eigenvalue weighted by molar-refractivity contribution is -0.137. The van der Waals surface area contributed by atoms with E-state index in [4.69, 9.17) is 16.3 Å². The molecule has 0 N–H and O–H groups in total. The highest BCUT2D eigenvalue weighted by atomic mass is 35.5. The summed E-state index contributed by atoms with van der Waals surface area (Å²) >= 11 is 5.73. The molecule has 1 heterocycles. The summed E-state index contributed by atoms with van der Waals surface area (Å²) in [6.07, 6.45) is -3.78. The van der Waals surface area contributed by atoms with E-state index in [2.05, 4.69) is 4.98 Å². The van der Waals surface area contributed by atoms with Gasteiger partial charge in [-0.15, -0.1) is 0 Å². The van der Waals surface area contributed by atoms with Crippen LogP contribution >= 0.6 is 11.6 Å². The molecule has 0 atom stereocenters. The Morgan fingerprint density at radius 1 is 1.10 bits per heavy atom. The second-order valence-electron chi connectivity index (χ2n) is 3.92. The molecule has 0 saturated carbocycles. The SMILES string of the molecule is CC.Cc1ccc(Oc2ncc(C(F)(F)F)cc2Cl)cc1. The lowest BCUT2D eigenvalue weighted by Crippen LogP contribution is -2.05. The largest absolute Gasteiger partial charge is 0.438 e. The fraction of sp³-hybridized carbons (Fsp3) is 0.267.